The van der Waals surface area contributed by atoms with E-state index in [4.69, 9.17) is 15.2 Å². The molecule has 4 aromatic carbocycles. The van der Waals surface area contributed by atoms with Crippen LogP contribution in [-0.4, -0.2) is 87.7 Å². The van der Waals surface area contributed by atoms with Crippen molar-refractivity contribution >= 4 is 75.3 Å². The summed E-state index contributed by atoms with van der Waals surface area (Å²) in [6, 6.07) is 8.84. The van der Waals surface area contributed by atoms with Crippen molar-refractivity contribution in [3.63, 3.8) is 0 Å². The van der Waals surface area contributed by atoms with E-state index in [0.717, 1.165) is 18.2 Å². The van der Waals surface area contributed by atoms with Crippen molar-refractivity contribution < 1.29 is 63.7 Å². The van der Waals surface area contributed by atoms with Crippen molar-refractivity contribution in [2.45, 2.75) is 14.7 Å². The minimum absolute atomic E-state index is 0.141. The van der Waals surface area contributed by atoms with Crippen LogP contribution in [0.5, 0.6) is 17.2 Å². The number of fused-ring (bicyclic) bond motifs is 1. The molecule has 0 saturated carbocycles. The molecule has 0 radical (unpaired) electrons. The smallest absolute Gasteiger partial charge is 0.296 e. The summed E-state index contributed by atoms with van der Waals surface area (Å²) < 4.78 is 112. The van der Waals surface area contributed by atoms with Crippen LogP contribution in [0.2, 0.25) is 0 Å². The Kier molecular flexibility index (Phi) is 11.2. The van der Waals surface area contributed by atoms with Crippen LogP contribution in [0.3, 0.4) is 0 Å². The third-order valence-electron chi connectivity index (χ3n) is 6.53. The largest absolute Gasteiger partial charge is 0.505 e. The first-order valence-electron chi connectivity index (χ1n) is 13.7. The molecule has 4 aromatic rings. The van der Waals surface area contributed by atoms with Crippen molar-refractivity contribution in [1.29, 1.82) is 0 Å². The maximum absolute atomic E-state index is 12.3. The zero-order valence-corrected chi connectivity index (χ0v) is 27.9. The Labute approximate surface area is 283 Å². The Morgan fingerprint density at radius 1 is 0.680 bits per heavy atom. The average Bonchev–Trinajstić information content (AvgIpc) is 3.04. The van der Waals surface area contributed by atoms with E-state index in [1.54, 1.807) is 13.1 Å². The third kappa shape index (κ3) is 8.58. The molecule has 9 N–H and O–H groups in total. The van der Waals surface area contributed by atoms with Crippen LogP contribution in [0.25, 0.3) is 10.8 Å². The van der Waals surface area contributed by atoms with E-state index in [0.29, 0.717) is 17.8 Å². The molecule has 0 aromatic heterocycles. The number of phenols is 1. The molecule has 0 unspecified atom stereocenters. The van der Waals surface area contributed by atoms with Gasteiger partial charge in [0.1, 0.15) is 62.1 Å². The SMILES string of the molecule is CNc1ccc2cc(S(=O)(=O)O)c(N=Nc3cc(OCCO)c(N=Nc4cc(S(=O)(=O)O)c(N)cc4S(=O)(=O)O)cc3OCCO)c(O)c2c1. The quantitative estimate of drug-likeness (QED) is 0.0518. The van der Waals surface area contributed by atoms with Gasteiger partial charge in [0.05, 0.1) is 18.9 Å². The number of hydrogen-bond donors (Lipinski definition) is 8. The maximum atomic E-state index is 12.3. The summed E-state index contributed by atoms with van der Waals surface area (Å²) in [7, 11) is -13.4. The monoisotopic (exact) mass is 756 g/mol. The molecule has 0 spiro atoms. The third-order valence-corrected chi connectivity index (χ3v) is 9.19. The van der Waals surface area contributed by atoms with Gasteiger partial charge in [-0.05, 0) is 35.7 Å². The van der Waals surface area contributed by atoms with E-state index in [1.165, 1.54) is 12.1 Å². The number of azo groups is 2. The first kappa shape index (κ1) is 37.8. The number of aromatic hydroxyl groups is 1. The molecule has 23 heteroatoms. The summed E-state index contributed by atoms with van der Waals surface area (Å²) >= 11 is 0. The van der Waals surface area contributed by atoms with Crippen LogP contribution in [0, 0.1) is 0 Å². The highest BCUT2D eigenvalue weighted by Crippen LogP contribution is 2.45. The van der Waals surface area contributed by atoms with Gasteiger partial charge in [0.25, 0.3) is 30.4 Å². The van der Waals surface area contributed by atoms with E-state index >= 15 is 0 Å². The number of phenolic OH excluding ortho intramolecular Hbond substituents is 1. The summed E-state index contributed by atoms with van der Waals surface area (Å²) in [6.07, 6.45) is 0. The second-order valence-corrected chi connectivity index (χ2v) is 14.0. The zero-order valence-electron chi connectivity index (χ0n) is 25.5. The number of anilines is 2. The molecule has 20 nitrogen and oxygen atoms in total. The summed E-state index contributed by atoms with van der Waals surface area (Å²) in [5.74, 6) is -1.17. The summed E-state index contributed by atoms with van der Waals surface area (Å²) in [5.41, 5.74) is 3.33. The number of aliphatic hydroxyl groups is 2. The molecule has 0 aliphatic heterocycles. The summed E-state index contributed by atoms with van der Waals surface area (Å²) in [5, 5.41) is 48.4. The van der Waals surface area contributed by atoms with Crippen molar-refractivity contribution in [2.24, 2.45) is 20.5 Å². The highest BCUT2D eigenvalue weighted by Gasteiger charge is 2.25. The topological polar surface area (TPSA) is 330 Å². The van der Waals surface area contributed by atoms with E-state index < -0.39 is 81.1 Å². The molecule has 0 fully saturated rings. The lowest BCUT2D eigenvalue weighted by atomic mass is 10.1. The number of rotatable bonds is 14. The lowest BCUT2D eigenvalue weighted by Gasteiger charge is -2.13. The standard InChI is InChI=1S/C27H28N6O14S3/c1-29-15-3-2-14-8-25(50(43,44)45)26(27(36)16(14)9-15)33-31-19-12-21(46-6-4-34)18(11-22(19)47-7-5-35)30-32-20-13-23(48(37,38)39)17(28)10-24(20)49(40,41)42/h2-3,8-13,29,34-36H,4-7,28H2,1H3,(H,37,38,39)(H,40,41,42)(H,43,44,45). The van der Waals surface area contributed by atoms with Crippen LogP contribution < -0.4 is 20.5 Å². The molecule has 0 saturated heterocycles. The maximum Gasteiger partial charge on any atom is 0.296 e. The minimum atomic E-state index is -5.08. The first-order chi connectivity index (χ1) is 23.4. The predicted octanol–water partition coefficient (Wildman–Crippen LogP) is 3.48. The second kappa shape index (κ2) is 14.9. The van der Waals surface area contributed by atoms with E-state index in [1.807, 2.05) is 0 Å². The van der Waals surface area contributed by atoms with Crippen LogP contribution >= 0.6 is 0 Å². The molecule has 4 rings (SSSR count). The Morgan fingerprint density at radius 3 is 1.70 bits per heavy atom. The number of aliphatic hydroxyl groups excluding tert-OH is 2. The fourth-order valence-corrected chi connectivity index (χ4v) is 6.23. The second-order valence-electron chi connectivity index (χ2n) is 9.87. The van der Waals surface area contributed by atoms with Crippen molar-refractivity contribution in [3.05, 3.63) is 48.5 Å². The number of nitrogen functional groups attached to an aromatic ring is 1. The Hall–Kier alpha value is -5.01. The van der Waals surface area contributed by atoms with Crippen LogP contribution in [0.1, 0.15) is 0 Å². The molecule has 0 bridgehead atoms. The Bertz CT molecular complexity index is 2350. The minimum Gasteiger partial charge on any atom is -0.505 e. The fourth-order valence-electron chi connectivity index (χ4n) is 4.31. The van der Waals surface area contributed by atoms with Gasteiger partial charge in [0.2, 0.25) is 0 Å². The molecule has 0 atom stereocenters. The molecule has 0 aliphatic carbocycles. The Balaban J connectivity index is 1.93. The molecular formula is C27H28N6O14S3. The van der Waals surface area contributed by atoms with Gasteiger partial charge >= 0.3 is 0 Å². The van der Waals surface area contributed by atoms with Crippen LogP contribution in [-0.2, 0) is 30.4 Å². The number of benzene rings is 4. The van der Waals surface area contributed by atoms with E-state index in [9.17, 15) is 54.2 Å². The number of ether oxygens (including phenoxy) is 2. The van der Waals surface area contributed by atoms with E-state index in [2.05, 4.69) is 25.8 Å². The van der Waals surface area contributed by atoms with Crippen LogP contribution in [0.4, 0.5) is 34.1 Å². The highest BCUT2D eigenvalue weighted by molar-refractivity contribution is 7.86. The number of nitrogens with two attached hydrogens (primary N) is 1. The van der Waals surface area contributed by atoms with Gasteiger partial charge in [-0.3, -0.25) is 13.7 Å². The van der Waals surface area contributed by atoms with Crippen molar-refractivity contribution in [3.8, 4) is 17.2 Å². The van der Waals surface area contributed by atoms with Gasteiger partial charge in [0, 0.05) is 30.3 Å². The zero-order chi connectivity index (χ0) is 37.0. The van der Waals surface area contributed by atoms with Gasteiger partial charge in [-0.2, -0.15) is 25.3 Å². The highest BCUT2D eigenvalue weighted by atomic mass is 32.2. The normalized spacial score (nSPS) is 12.6. The predicted molar refractivity (Wildman–Crippen MR) is 175 cm³/mol. The molecule has 268 valence electrons. The van der Waals surface area contributed by atoms with Gasteiger partial charge < -0.3 is 35.8 Å². The summed E-state index contributed by atoms with van der Waals surface area (Å²) in [6.45, 7) is -1.78. The van der Waals surface area contributed by atoms with Crippen molar-refractivity contribution in [2.75, 3.05) is 44.5 Å². The summed E-state index contributed by atoms with van der Waals surface area (Å²) in [4.78, 5) is -2.75. The van der Waals surface area contributed by atoms with Gasteiger partial charge in [-0.25, -0.2) is 0 Å². The molecule has 0 amide bonds. The fraction of sp³-hybridized carbons (Fsp3) is 0.185. The van der Waals surface area contributed by atoms with Crippen molar-refractivity contribution in [1.82, 2.24) is 0 Å². The van der Waals surface area contributed by atoms with Crippen LogP contribution in [0.15, 0.2) is 83.7 Å². The van der Waals surface area contributed by atoms with Gasteiger partial charge in [0.15, 0.2) is 5.75 Å². The van der Waals surface area contributed by atoms with Gasteiger partial charge in [-0.1, -0.05) is 6.07 Å². The van der Waals surface area contributed by atoms with Gasteiger partial charge in [-0.15, -0.1) is 20.5 Å². The molecular weight excluding hydrogens is 729 g/mol. The molecule has 0 aliphatic rings. The Morgan fingerprint density at radius 2 is 1.20 bits per heavy atom. The lowest BCUT2D eigenvalue weighted by Crippen LogP contribution is -2.06. The van der Waals surface area contributed by atoms with E-state index in [-0.39, 0.29) is 46.9 Å². The number of hydrogen-bond acceptors (Lipinski definition) is 17. The number of nitrogens with one attached hydrogen (secondary N) is 1. The number of nitrogens with zero attached hydrogens (tertiary/aromatic N) is 4. The molecule has 50 heavy (non-hydrogen) atoms. The first-order valence-corrected chi connectivity index (χ1v) is 18.0. The lowest BCUT2D eigenvalue weighted by molar-refractivity contribution is 0.198. The molecule has 0 heterocycles. The average molecular weight is 757 g/mol.